The van der Waals surface area contributed by atoms with Crippen LogP contribution in [0.15, 0.2) is 12.1 Å². The summed E-state index contributed by atoms with van der Waals surface area (Å²) < 4.78 is 0. The Hall–Kier alpha value is -1.84. The van der Waals surface area contributed by atoms with Gasteiger partial charge in [-0.15, -0.1) is 0 Å². The van der Waals surface area contributed by atoms with E-state index in [9.17, 15) is 19.8 Å². The van der Waals surface area contributed by atoms with Gasteiger partial charge < -0.3 is 10.2 Å². The topological polar surface area (TPSA) is 74.6 Å². The molecule has 0 aliphatic heterocycles. The monoisotopic (exact) mass is 402 g/mol. The third-order valence-electron chi connectivity index (χ3n) is 6.93. The van der Waals surface area contributed by atoms with Crippen molar-refractivity contribution in [1.29, 1.82) is 0 Å². The molecule has 0 aromatic heterocycles. The van der Waals surface area contributed by atoms with Crippen molar-refractivity contribution in [2.75, 3.05) is 0 Å². The van der Waals surface area contributed by atoms with Crippen LogP contribution in [0.1, 0.15) is 93.9 Å². The summed E-state index contributed by atoms with van der Waals surface area (Å²) in [6.07, 6.45) is 10.4. The zero-order valence-electron chi connectivity index (χ0n) is 18.6. The molecule has 2 rings (SSSR count). The Morgan fingerprint density at radius 1 is 0.966 bits per heavy atom. The fourth-order valence-corrected chi connectivity index (χ4v) is 4.17. The van der Waals surface area contributed by atoms with E-state index in [0.29, 0.717) is 6.42 Å². The van der Waals surface area contributed by atoms with Gasteiger partial charge in [0.05, 0.1) is 10.8 Å². The van der Waals surface area contributed by atoms with E-state index in [4.69, 9.17) is 0 Å². The second-order valence-electron chi connectivity index (χ2n) is 9.69. The number of unbranched alkanes of at least 4 members (excludes halogenated alkanes) is 3. The number of rotatable bonds is 13. The molecule has 0 amide bonds. The number of aliphatic carboxylic acids is 2. The maximum Gasteiger partial charge on any atom is 0.309 e. The summed E-state index contributed by atoms with van der Waals surface area (Å²) in [6.45, 7) is 7.94. The summed E-state index contributed by atoms with van der Waals surface area (Å²) in [5.41, 5.74) is 4.47. The first kappa shape index (κ1) is 23.4. The largest absolute Gasteiger partial charge is 0.481 e. The highest BCUT2D eigenvalue weighted by molar-refractivity contribution is 5.77. The first-order valence-electron chi connectivity index (χ1n) is 11.1. The van der Waals surface area contributed by atoms with E-state index in [-0.39, 0.29) is 0 Å². The summed E-state index contributed by atoms with van der Waals surface area (Å²) in [4.78, 5) is 22.6. The van der Waals surface area contributed by atoms with E-state index in [2.05, 4.69) is 26.0 Å². The lowest BCUT2D eigenvalue weighted by atomic mass is 9.85. The molecule has 0 bridgehead atoms. The predicted octanol–water partition coefficient (Wildman–Crippen LogP) is 6.09. The molecular weight excluding hydrogens is 364 g/mol. The van der Waals surface area contributed by atoms with Crippen LogP contribution in [0.25, 0.3) is 0 Å². The number of benzene rings is 1. The maximum atomic E-state index is 11.3. The summed E-state index contributed by atoms with van der Waals surface area (Å²) in [5, 5.41) is 18.6. The number of carboxylic acid groups (broad SMARTS) is 2. The summed E-state index contributed by atoms with van der Waals surface area (Å²) in [7, 11) is 0. The van der Waals surface area contributed by atoms with E-state index in [1.54, 1.807) is 13.8 Å². The first-order valence-corrected chi connectivity index (χ1v) is 11.1. The summed E-state index contributed by atoms with van der Waals surface area (Å²) >= 11 is 0. The van der Waals surface area contributed by atoms with Gasteiger partial charge in [0.2, 0.25) is 0 Å². The number of carbonyl (C=O) groups is 2. The Labute approximate surface area is 175 Å². The fraction of sp³-hybridized carbons (Fsp3) is 0.680. The van der Waals surface area contributed by atoms with Crippen LogP contribution >= 0.6 is 0 Å². The van der Waals surface area contributed by atoms with Crippen molar-refractivity contribution in [3.8, 4) is 0 Å². The lowest BCUT2D eigenvalue weighted by Gasteiger charge is -2.19. The van der Waals surface area contributed by atoms with Crippen LogP contribution in [0, 0.1) is 24.7 Å². The van der Waals surface area contributed by atoms with E-state index in [0.717, 1.165) is 64.2 Å². The van der Waals surface area contributed by atoms with Gasteiger partial charge in [-0.25, -0.2) is 0 Å². The van der Waals surface area contributed by atoms with Gasteiger partial charge in [0.1, 0.15) is 0 Å². The van der Waals surface area contributed by atoms with Gasteiger partial charge >= 0.3 is 11.9 Å². The second kappa shape index (κ2) is 9.77. The van der Waals surface area contributed by atoms with Crippen LogP contribution in [0.3, 0.4) is 0 Å². The van der Waals surface area contributed by atoms with Crippen molar-refractivity contribution in [2.45, 2.75) is 98.3 Å². The summed E-state index contributed by atoms with van der Waals surface area (Å²) in [6, 6.07) is 4.45. The SMILES string of the molecule is Cc1ccc(CCCCCC2(C(=O)O)CC2)c(CCCCC(C)(C)C(=O)O)c1C. The van der Waals surface area contributed by atoms with Gasteiger partial charge in [-0.05, 0) is 101 Å². The molecule has 4 nitrogen and oxygen atoms in total. The molecule has 1 fully saturated rings. The maximum absolute atomic E-state index is 11.3. The molecule has 1 aromatic rings. The molecular formula is C25H38O4. The number of carboxylic acids is 2. The van der Waals surface area contributed by atoms with Crippen LogP contribution in [0.5, 0.6) is 0 Å². The minimum absolute atomic E-state index is 0.394. The predicted molar refractivity (Wildman–Crippen MR) is 116 cm³/mol. The third kappa shape index (κ3) is 6.32. The zero-order valence-corrected chi connectivity index (χ0v) is 18.6. The van der Waals surface area contributed by atoms with Gasteiger partial charge in [0, 0.05) is 0 Å². The van der Waals surface area contributed by atoms with Crippen LogP contribution in [0.4, 0.5) is 0 Å². The summed E-state index contributed by atoms with van der Waals surface area (Å²) in [5.74, 6) is -1.33. The van der Waals surface area contributed by atoms with Crippen LogP contribution in [0.2, 0.25) is 0 Å². The molecule has 1 aliphatic rings. The van der Waals surface area contributed by atoms with Crippen molar-refractivity contribution in [2.24, 2.45) is 10.8 Å². The van der Waals surface area contributed by atoms with Crippen molar-refractivity contribution in [3.63, 3.8) is 0 Å². The molecule has 0 atom stereocenters. The molecule has 0 spiro atoms. The minimum atomic E-state index is -0.721. The van der Waals surface area contributed by atoms with Crippen molar-refractivity contribution < 1.29 is 19.8 Å². The van der Waals surface area contributed by atoms with E-state index in [1.165, 1.54) is 22.3 Å². The minimum Gasteiger partial charge on any atom is -0.481 e. The molecule has 0 unspecified atom stereocenters. The Morgan fingerprint density at radius 2 is 1.62 bits per heavy atom. The highest BCUT2D eigenvalue weighted by atomic mass is 16.4. The normalized spacial score (nSPS) is 15.3. The van der Waals surface area contributed by atoms with Crippen LogP contribution < -0.4 is 0 Å². The zero-order chi connectivity index (χ0) is 21.7. The lowest BCUT2D eigenvalue weighted by molar-refractivity contribution is -0.147. The average Bonchev–Trinajstić information content (AvgIpc) is 3.44. The number of hydrogen-bond donors (Lipinski definition) is 2. The van der Waals surface area contributed by atoms with Crippen molar-refractivity contribution >= 4 is 11.9 Å². The van der Waals surface area contributed by atoms with Crippen molar-refractivity contribution in [3.05, 3.63) is 34.4 Å². The molecule has 0 saturated heterocycles. The molecule has 2 N–H and O–H groups in total. The Morgan fingerprint density at radius 3 is 2.21 bits per heavy atom. The first-order chi connectivity index (χ1) is 13.6. The van der Waals surface area contributed by atoms with Crippen molar-refractivity contribution in [1.82, 2.24) is 0 Å². The van der Waals surface area contributed by atoms with E-state index >= 15 is 0 Å². The molecule has 1 aliphatic carbocycles. The molecule has 162 valence electrons. The van der Waals surface area contributed by atoms with E-state index in [1.807, 2.05) is 0 Å². The van der Waals surface area contributed by atoms with Crippen LogP contribution in [-0.4, -0.2) is 22.2 Å². The third-order valence-corrected chi connectivity index (χ3v) is 6.93. The smallest absolute Gasteiger partial charge is 0.309 e. The van der Waals surface area contributed by atoms with Gasteiger partial charge in [0.15, 0.2) is 0 Å². The highest BCUT2D eigenvalue weighted by Gasteiger charge is 2.49. The second-order valence-corrected chi connectivity index (χ2v) is 9.69. The Balaban J connectivity index is 1.84. The Bertz CT molecular complexity index is 729. The molecule has 4 heteroatoms. The number of hydrogen-bond acceptors (Lipinski definition) is 2. The molecule has 0 heterocycles. The Kier molecular flexibility index (Phi) is 7.90. The van der Waals surface area contributed by atoms with Gasteiger partial charge in [0.25, 0.3) is 0 Å². The van der Waals surface area contributed by atoms with Gasteiger partial charge in [-0.2, -0.15) is 0 Å². The van der Waals surface area contributed by atoms with Gasteiger partial charge in [-0.1, -0.05) is 31.4 Å². The van der Waals surface area contributed by atoms with E-state index < -0.39 is 22.8 Å². The lowest BCUT2D eigenvalue weighted by Crippen LogP contribution is -2.23. The molecule has 29 heavy (non-hydrogen) atoms. The fourth-order valence-electron chi connectivity index (χ4n) is 4.17. The molecule has 1 aromatic carbocycles. The number of aryl methyl sites for hydroxylation is 2. The standard InChI is InChI=1S/C25H38O4/c1-18-12-13-20(10-6-5-8-15-25(16-17-25)23(28)29)21(19(18)2)11-7-9-14-24(3,4)22(26)27/h12-13H,5-11,14-17H2,1-4H3,(H,26,27)(H,28,29). The highest BCUT2D eigenvalue weighted by Crippen LogP contribution is 2.50. The average molecular weight is 403 g/mol. The quantitative estimate of drug-likeness (QED) is 0.391. The van der Waals surface area contributed by atoms with Crippen LogP contribution in [-0.2, 0) is 22.4 Å². The molecule has 0 radical (unpaired) electrons. The molecule has 1 saturated carbocycles. The van der Waals surface area contributed by atoms with Gasteiger partial charge in [-0.3, -0.25) is 9.59 Å².